The second-order valence-electron chi connectivity index (χ2n) is 2.58. The predicted octanol–water partition coefficient (Wildman–Crippen LogP) is 1.39. The van der Waals surface area contributed by atoms with Crippen molar-refractivity contribution in [3.63, 3.8) is 0 Å². The maximum Gasteiger partial charge on any atom is 0.438 e. The van der Waals surface area contributed by atoms with E-state index in [9.17, 15) is 4.79 Å². The van der Waals surface area contributed by atoms with Gasteiger partial charge in [-0.05, 0) is 17.7 Å². The summed E-state index contributed by atoms with van der Waals surface area (Å²) in [6.07, 6.45) is -0.874. The molecule has 76 valence electrons. The number of carbonyl (C=O) groups excluding carboxylic acids is 1. The van der Waals surface area contributed by atoms with Gasteiger partial charge in [0.15, 0.2) is 0 Å². The van der Waals surface area contributed by atoms with Crippen LogP contribution in [0.5, 0.6) is 5.75 Å². The highest BCUT2D eigenvalue weighted by molar-refractivity contribution is 5.66. The van der Waals surface area contributed by atoms with Gasteiger partial charge in [-0.25, -0.2) is 4.79 Å². The van der Waals surface area contributed by atoms with Crippen molar-refractivity contribution in [3.8, 4) is 5.75 Å². The van der Waals surface area contributed by atoms with Crippen molar-refractivity contribution in [2.24, 2.45) is 0 Å². The number of benzene rings is 1. The Hall–Kier alpha value is -1.75. The molecule has 1 aromatic rings. The lowest BCUT2D eigenvalue weighted by atomic mass is 10.2. The summed E-state index contributed by atoms with van der Waals surface area (Å²) in [5.41, 5.74) is 0.885. The number of carbonyl (C=O) groups is 1. The minimum absolute atomic E-state index is 0.295. The zero-order chi connectivity index (χ0) is 10.4. The summed E-state index contributed by atoms with van der Waals surface area (Å²) in [5, 5.41) is 10.3. The number of methoxy groups -OCH3 is 1. The minimum Gasteiger partial charge on any atom is -0.497 e. The third kappa shape index (κ3) is 2.95. The summed E-state index contributed by atoms with van der Waals surface area (Å²) >= 11 is 0. The van der Waals surface area contributed by atoms with Gasteiger partial charge in [-0.2, -0.15) is 5.26 Å². The summed E-state index contributed by atoms with van der Waals surface area (Å²) < 4.78 is 4.96. The van der Waals surface area contributed by atoms with Crippen LogP contribution in [0, 0.1) is 0 Å². The van der Waals surface area contributed by atoms with Crippen molar-refractivity contribution in [1.29, 1.82) is 0 Å². The highest BCUT2D eigenvalue weighted by Crippen LogP contribution is 2.10. The maximum absolute atomic E-state index is 10.5. The number of amides is 1. The first-order valence-corrected chi connectivity index (χ1v) is 3.98. The van der Waals surface area contributed by atoms with Crippen LogP contribution in [-0.4, -0.2) is 18.5 Å². The van der Waals surface area contributed by atoms with Crippen molar-refractivity contribution < 1.29 is 19.7 Å². The molecule has 0 radical (unpaired) electrons. The average molecular weight is 197 g/mol. The number of rotatable bonds is 3. The molecule has 14 heavy (non-hydrogen) atoms. The fraction of sp³-hybridized carbons (Fsp3) is 0.222. The topological polar surface area (TPSA) is 67.8 Å². The molecule has 0 aliphatic rings. The van der Waals surface area contributed by atoms with E-state index in [1.54, 1.807) is 31.4 Å². The highest BCUT2D eigenvalue weighted by atomic mass is 17.1. The Morgan fingerprint density at radius 1 is 1.43 bits per heavy atom. The number of hydrogen-bond donors (Lipinski definition) is 2. The van der Waals surface area contributed by atoms with Crippen molar-refractivity contribution >= 4 is 6.09 Å². The van der Waals surface area contributed by atoms with Crippen molar-refractivity contribution in [2.75, 3.05) is 7.11 Å². The number of hydrogen-bond acceptors (Lipinski definition) is 4. The quantitative estimate of drug-likeness (QED) is 0.567. The summed E-state index contributed by atoms with van der Waals surface area (Å²) in [4.78, 5) is 13.9. The Kier molecular flexibility index (Phi) is 3.75. The van der Waals surface area contributed by atoms with E-state index in [4.69, 9.17) is 9.99 Å². The van der Waals surface area contributed by atoms with Gasteiger partial charge in [0.2, 0.25) is 0 Å². The Morgan fingerprint density at radius 2 is 2.07 bits per heavy atom. The van der Waals surface area contributed by atoms with Crippen molar-refractivity contribution in [3.05, 3.63) is 29.8 Å². The van der Waals surface area contributed by atoms with E-state index >= 15 is 0 Å². The van der Waals surface area contributed by atoms with E-state index in [2.05, 4.69) is 10.2 Å². The summed E-state index contributed by atoms with van der Waals surface area (Å²) in [7, 11) is 1.58. The van der Waals surface area contributed by atoms with Gasteiger partial charge in [0.25, 0.3) is 0 Å². The second-order valence-corrected chi connectivity index (χ2v) is 2.58. The zero-order valence-electron chi connectivity index (χ0n) is 7.69. The Labute approximate surface area is 81.2 Å². The Bertz CT molecular complexity index is 296. The molecule has 1 rings (SSSR count). The fourth-order valence-electron chi connectivity index (χ4n) is 0.950. The first-order chi connectivity index (χ1) is 6.76. The molecule has 5 nitrogen and oxygen atoms in total. The standard InChI is InChI=1S/C9H11NO4/c1-13-8-4-2-7(3-5-8)6-10-9(11)14-12/h2-5,12H,6H2,1H3,(H,10,11). The van der Waals surface area contributed by atoms with E-state index < -0.39 is 6.09 Å². The molecular weight excluding hydrogens is 186 g/mol. The summed E-state index contributed by atoms with van der Waals surface area (Å²) in [5.74, 6) is 0.749. The molecule has 0 spiro atoms. The molecule has 0 aliphatic carbocycles. The molecule has 0 bridgehead atoms. The van der Waals surface area contributed by atoms with Gasteiger partial charge < -0.3 is 10.1 Å². The number of ether oxygens (including phenoxy) is 1. The lowest BCUT2D eigenvalue weighted by Crippen LogP contribution is -2.22. The molecule has 0 aromatic heterocycles. The third-order valence-corrected chi connectivity index (χ3v) is 1.68. The molecule has 0 unspecified atom stereocenters. The molecular formula is C9H11NO4. The molecule has 1 aromatic carbocycles. The van der Waals surface area contributed by atoms with E-state index in [-0.39, 0.29) is 0 Å². The van der Waals surface area contributed by atoms with Gasteiger partial charge in [0.05, 0.1) is 7.11 Å². The second kappa shape index (κ2) is 5.08. The smallest absolute Gasteiger partial charge is 0.438 e. The molecule has 0 atom stereocenters. The van der Waals surface area contributed by atoms with E-state index in [0.29, 0.717) is 6.54 Å². The van der Waals surface area contributed by atoms with Crippen LogP contribution in [0.25, 0.3) is 0 Å². The van der Waals surface area contributed by atoms with Crippen LogP contribution in [-0.2, 0) is 11.4 Å². The van der Waals surface area contributed by atoms with Gasteiger partial charge in [-0.3, -0.25) is 4.89 Å². The summed E-state index contributed by atoms with van der Waals surface area (Å²) in [6.45, 7) is 0.295. The van der Waals surface area contributed by atoms with Gasteiger partial charge in [0.1, 0.15) is 5.75 Å². The average Bonchev–Trinajstić information content (AvgIpc) is 2.26. The lowest BCUT2D eigenvalue weighted by Gasteiger charge is -2.03. The summed E-state index contributed by atoms with van der Waals surface area (Å²) in [6, 6.07) is 7.16. The van der Waals surface area contributed by atoms with Crippen molar-refractivity contribution in [1.82, 2.24) is 5.32 Å². The van der Waals surface area contributed by atoms with E-state index in [0.717, 1.165) is 11.3 Å². The SMILES string of the molecule is COc1ccc(CNC(=O)OO)cc1. The largest absolute Gasteiger partial charge is 0.497 e. The van der Waals surface area contributed by atoms with Gasteiger partial charge >= 0.3 is 6.09 Å². The molecule has 0 saturated heterocycles. The number of nitrogens with one attached hydrogen (secondary N) is 1. The molecule has 0 heterocycles. The van der Waals surface area contributed by atoms with Gasteiger partial charge in [-0.15, -0.1) is 0 Å². The first kappa shape index (κ1) is 10.3. The Balaban J connectivity index is 2.47. The van der Waals surface area contributed by atoms with Crippen molar-refractivity contribution in [2.45, 2.75) is 6.54 Å². The molecule has 1 amide bonds. The van der Waals surface area contributed by atoms with Gasteiger partial charge in [0, 0.05) is 6.54 Å². The fourth-order valence-corrected chi connectivity index (χ4v) is 0.950. The normalized spacial score (nSPS) is 9.29. The minimum atomic E-state index is -0.874. The molecule has 5 heteroatoms. The van der Waals surface area contributed by atoms with Crippen LogP contribution in [0.4, 0.5) is 4.79 Å². The van der Waals surface area contributed by atoms with E-state index in [1.807, 2.05) is 0 Å². The van der Waals surface area contributed by atoms with E-state index in [1.165, 1.54) is 0 Å². The lowest BCUT2D eigenvalue weighted by molar-refractivity contribution is -0.177. The zero-order valence-corrected chi connectivity index (χ0v) is 7.69. The Morgan fingerprint density at radius 3 is 2.57 bits per heavy atom. The first-order valence-electron chi connectivity index (χ1n) is 3.98. The molecule has 0 fully saturated rings. The molecule has 2 N–H and O–H groups in total. The van der Waals surface area contributed by atoms with Crippen LogP contribution in [0.1, 0.15) is 5.56 Å². The molecule has 0 saturated carbocycles. The third-order valence-electron chi connectivity index (χ3n) is 1.68. The maximum atomic E-state index is 10.5. The highest BCUT2D eigenvalue weighted by Gasteiger charge is 2.00. The van der Waals surface area contributed by atoms with Crippen LogP contribution >= 0.6 is 0 Å². The van der Waals surface area contributed by atoms with Crippen LogP contribution < -0.4 is 10.1 Å². The van der Waals surface area contributed by atoms with Crippen LogP contribution in [0.3, 0.4) is 0 Å². The monoisotopic (exact) mass is 197 g/mol. The molecule has 0 aliphatic heterocycles. The predicted molar refractivity (Wildman–Crippen MR) is 48.9 cm³/mol. The van der Waals surface area contributed by atoms with Crippen LogP contribution in [0.2, 0.25) is 0 Å². The van der Waals surface area contributed by atoms with Crippen LogP contribution in [0.15, 0.2) is 24.3 Å². The van der Waals surface area contributed by atoms with Gasteiger partial charge in [-0.1, -0.05) is 12.1 Å².